The largest absolute Gasteiger partial charge is 0.342 e. The molecule has 0 unspecified atom stereocenters. The molecule has 0 bridgehead atoms. The van der Waals surface area contributed by atoms with Gasteiger partial charge in [-0.2, -0.15) is 0 Å². The lowest BCUT2D eigenvalue weighted by Gasteiger charge is -2.24. The predicted octanol–water partition coefficient (Wildman–Crippen LogP) is 3.16. The van der Waals surface area contributed by atoms with Crippen molar-refractivity contribution in [1.29, 1.82) is 0 Å². The van der Waals surface area contributed by atoms with E-state index >= 15 is 0 Å². The van der Waals surface area contributed by atoms with E-state index in [0.29, 0.717) is 0 Å². The minimum absolute atomic E-state index is 0. The highest BCUT2D eigenvalue weighted by Gasteiger charge is 2.25. The number of likely N-dealkylation sites (N-methyl/N-ethyl adjacent to an activating group) is 1. The minimum Gasteiger partial charge on any atom is -0.342 e. The number of hydrogen-bond acceptors (Lipinski definition) is 2. The van der Waals surface area contributed by atoms with Gasteiger partial charge in [-0.25, -0.2) is 0 Å². The summed E-state index contributed by atoms with van der Waals surface area (Å²) >= 11 is 2.01. The quantitative estimate of drug-likeness (QED) is 0.732. The fourth-order valence-electron chi connectivity index (χ4n) is 3.22. The van der Waals surface area contributed by atoms with E-state index in [1.54, 1.807) is 11.3 Å². The Morgan fingerprint density at radius 3 is 3.00 bits per heavy atom. The molecule has 0 saturated carbocycles. The zero-order valence-electron chi connectivity index (χ0n) is 10.5. The summed E-state index contributed by atoms with van der Waals surface area (Å²) in [7, 11) is 2.23. The summed E-state index contributed by atoms with van der Waals surface area (Å²) in [5.74, 6) is 1.23. The summed E-state index contributed by atoms with van der Waals surface area (Å²) in [6.07, 6.45) is 1.21. The molecule has 0 N–H and O–H groups in total. The summed E-state index contributed by atoms with van der Waals surface area (Å²) in [6, 6.07) is 6.80. The molecule has 4 rings (SSSR count). The third kappa shape index (κ3) is 1.61. The number of aryl methyl sites for hydroxylation is 1. The summed E-state index contributed by atoms with van der Waals surface area (Å²) in [6.45, 7) is 3.51. The fraction of sp³-hybridized carbons (Fsp3) is 0.429. The van der Waals surface area contributed by atoms with Crippen molar-refractivity contribution in [3.8, 4) is 0 Å². The van der Waals surface area contributed by atoms with E-state index in [2.05, 4.69) is 34.7 Å². The van der Waals surface area contributed by atoms with Gasteiger partial charge in [0.1, 0.15) is 0 Å². The van der Waals surface area contributed by atoms with Crippen LogP contribution < -0.4 is 0 Å². The topological polar surface area (TPSA) is 8.17 Å². The van der Waals surface area contributed by atoms with Crippen molar-refractivity contribution in [1.82, 2.24) is 9.47 Å². The van der Waals surface area contributed by atoms with Gasteiger partial charge in [0.2, 0.25) is 0 Å². The van der Waals surface area contributed by atoms with E-state index in [1.165, 1.54) is 41.1 Å². The van der Waals surface area contributed by atoms with E-state index in [0.717, 1.165) is 6.54 Å². The van der Waals surface area contributed by atoms with Gasteiger partial charge < -0.3 is 9.47 Å². The first-order chi connectivity index (χ1) is 8.34. The highest BCUT2D eigenvalue weighted by molar-refractivity contribution is 7.99. The van der Waals surface area contributed by atoms with Crippen molar-refractivity contribution >= 4 is 35.1 Å². The fourth-order valence-corrected chi connectivity index (χ4v) is 4.24. The van der Waals surface area contributed by atoms with E-state index < -0.39 is 0 Å². The summed E-state index contributed by atoms with van der Waals surface area (Å²) < 4.78 is 2.59. The number of thioether (sulfide) groups is 1. The first-order valence-electron chi connectivity index (χ1n) is 6.29. The number of nitrogens with zero attached hydrogens (tertiary/aromatic N) is 2. The molecule has 2 aliphatic rings. The molecule has 1 aromatic carbocycles. The van der Waals surface area contributed by atoms with Crippen molar-refractivity contribution < 1.29 is 0 Å². The second-order valence-corrected chi connectivity index (χ2v) is 6.20. The van der Waals surface area contributed by atoms with Crippen molar-refractivity contribution in [2.24, 2.45) is 0 Å². The van der Waals surface area contributed by atoms with Crippen molar-refractivity contribution in [2.45, 2.75) is 24.4 Å². The van der Waals surface area contributed by atoms with Crippen LogP contribution in [0.5, 0.6) is 0 Å². The molecule has 0 spiro atoms. The van der Waals surface area contributed by atoms with Crippen LogP contribution in [0.3, 0.4) is 0 Å². The van der Waals surface area contributed by atoms with Gasteiger partial charge in [0.15, 0.2) is 0 Å². The second kappa shape index (κ2) is 4.48. The molecule has 2 nitrogen and oxygen atoms in total. The molecular formula is C14H17ClN2S. The number of benzene rings is 1. The first-order valence-corrected chi connectivity index (χ1v) is 7.27. The Labute approximate surface area is 118 Å². The lowest BCUT2D eigenvalue weighted by Crippen LogP contribution is -2.27. The number of fused-ring (bicyclic) bond motifs is 3. The van der Waals surface area contributed by atoms with Crippen molar-refractivity contribution in [2.75, 3.05) is 19.3 Å². The van der Waals surface area contributed by atoms with Gasteiger partial charge >= 0.3 is 0 Å². The molecular weight excluding hydrogens is 264 g/mol. The average molecular weight is 281 g/mol. The third-order valence-electron chi connectivity index (χ3n) is 4.00. The van der Waals surface area contributed by atoms with E-state index in [9.17, 15) is 0 Å². The van der Waals surface area contributed by atoms with Gasteiger partial charge in [-0.1, -0.05) is 12.1 Å². The monoisotopic (exact) mass is 280 g/mol. The Hall–Kier alpha value is -0.640. The average Bonchev–Trinajstić information content (AvgIpc) is 2.67. The molecule has 1 aromatic heterocycles. The molecule has 3 heterocycles. The van der Waals surface area contributed by atoms with Gasteiger partial charge in [-0.15, -0.1) is 24.2 Å². The Morgan fingerprint density at radius 2 is 2.11 bits per heavy atom. The van der Waals surface area contributed by atoms with Crippen LogP contribution in [0, 0.1) is 0 Å². The summed E-state index contributed by atoms with van der Waals surface area (Å²) in [4.78, 5) is 3.91. The lowest BCUT2D eigenvalue weighted by atomic mass is 10.1. The molecule has 0 saturated heterocycles. The molecule has 0 atom stereocenters. The van der Waals surface area contributed by atoms with Crippen LogP contribution in [0.15, 0.2) is 23.1 Å². The molecule has 2 aliphatic heterocycles. The van der Waals surface area contributed by atoms with Gasteiger partial charge in [0.05, 0.1) is 5.52 Å². The molecule has 0 amide bonds. The number of halogens is 1. The van der Waals surface area contributed by atoms with E-state index in [1.807, 2.05) is 11.8 Å². The highest BCUT2D eigenvalue weighted by Crippen LogP contribution is 2.39. The Bertz CT molecular complexity index is 605. The molecule has 0 aliphatic carbocycles. The predicted molar refractivity (Wildman–Crippen MR) is 79.9 cm³/mol. The normalized spacial score (nSPS) is 18.5. The Kier molecular flexibility index (Phi) is 3.08. The Balaban J connectivity index is 0.000001000. The molecule has 4 heteroatoms. The number of rotatable bonds is 0. The summed E-state index contributed by atoms with van der Waals surface area (Å²) in [5, 5.41) is 1.50. The van der Waals surface area contributed by atoms with Crippen LogP contribution in [0.4, 0.5) is 0 Å². The van der Waals surface area contributed by atoms with Crippen LogP contribution in [-0.4, -0.2) is 28.8 Å². The molecule has 18 heavy (non-hydrogen) atoms. The Morgan fingerprint density at radius 1 is 1.22 bits per heavy atom. The number of para-hydroxylation sites is 1. The SMILES string of the molecule is CN1CCc2c(c3cccc4c3n2CCS4)C1.Cl. The maximum atomic E-state index is 2.59. The highest BCUT2D eigenvalue weighted by atomic mass is 35.5. The van der Waals surface area contributed by atoms with Crippen molar-refractivity contribution in [3.05, 3.63) is 29.5 Å². The smallest absolute Gasteiger partial charge is 0.0624 e. The van der Waals surface area contributed by atoms with Crippen LogP contribution in [0.2, 0.25) is 0 Å². The van der Waals surface area contributed by atoms with Crippen LogP contribution >= 0.6 is 24.2 Å². The lowest BCUT2D eigenvalue weighted by molar-refractivity contribution is 0.309. The molecule has 96 valence electrons. The number of hydrogen-bond donors (Lipinski definition) is 0. The van der Waals surface area contributed by atoms with Crippen molar-refractivity contribution in [3.63, 3.8) is 0 Å². The number of aromatic nitrogens is 1. The molecule has 2 aromatic rings. The van der Waals surface area contributed by atoms with Crippen LogP contribution in [0.25, 0.3) is 10.9 Å². The van der Waals surface area contributed by atoms with Gasteiger partial charge in [0.25, 0.3) is 0 Å². The maximum absolute atomic E-state index is 2.59. The third-order valence-corrected chi connectivity index (χ3v) is 5.03. The van der Waals surface area contributed by atoms with E-state index in [-0.39, 0.29) is 12.4 Å². The van der Waals surface area contributed by atoms with Gasteiger partial charge in [-0.05, 0) is 18.7 Å². The zero-order chi connectivity index (χ0) is 11.4. The minimum atomic E-state index is 0. The second-order valence-electron chi connectivity index (χ2n) is 5.07. The van der Waals surface area contributed by atoms with Gasteiger partial charge in [-0.3, -0.25) is 0 Å². The molecule has 0 fully saturated rings. The molecule has 0 radical (unpaired) electrons. The van der Waals surface area contributed by atoms with Gasteiger partial charge in [0, 0.05) is 47.8 Å². The maximum Gasteiger partial charge on any atom is 0.0624 e. The first kappa shape index (κ1) is 12.4. The summed E-state index contributed by atoms with van der Waals surface area (Å²) in [5.41, 5.74) is 4.69. The van der Waals surface area contributed by atoms with Crippen LogP contribution in [-0.2, 0) is 19.5 Å². The standard InChI is InChI=1S/C14H16N2S.ClH/c1-15-6-5-12-11(9-15)10-3-2-4-13-14(10)16(12)7-8-17-13;/h2-4H,5-9H2,1H3;1H. The zero-order valence-corrected chi connectivity index (χ0v) is 12.1. The van der Waals surface area contributed by atoms with Crippen LogP contribution in [0.1, 0.15) is 11.3 Å². The van der Waals surface area contributed by atoms with E-state index in [4.69, 9.17) is 0 Å².